The van der Waals surface area contributed by atoms with Gasteiger partial charge in [0.1, 0.15) is 5.75 Å². The van der Waals surface area contributed by atoms with Crippen LogP contribution in [0.5, 0.6) is 5.75 Å². The molecule has 3 nitrogen and oxygen atoms in total. The maximum absolute atomic E-state index is 12.4. The minimum absolute atomic E-state index is 0.0499. The molecular formula is C18H20ClNO2S. The maximum atomic E-state index is 12.4. The lowest BCUT2D eigenvalue weighted by Gasteiger charge is -2.16. The molecule has 0 saturated carbocycles. The normalized spacial score (nSPS) is 12.0. The molecule has 23 heavy (non-hydrogen) atoms. The molecule has 0 aliphatic rings. The number of benzene rings is 2. The Morgan fingerprint density at radius 1 is 1.09 bits per heavy atom. The van der Waals surface area contributed by atoms with Crippen molar-refractivity contribution in [3.63, 3.8) is 0 Å². The van der Waals surface area contributed by atoms with E-state index in [1.807, 2.05) is 69.3 Å². The van der Waals surface area contributed by atoms with Crippen molar-refractivity contribution < 1.29 is 9.53 Å². The van der Waals surface area contributed by atoms with Gasteiger partial charge in [0.25, 0.3) is 0 Å². The van der Waals surface area contributed by atoms with Crippen LogP contribution in [0.15, 0.2) is 53.4 Å². The van der Waals surface area contributed by atoms with Gasteiger partial charge in [-0.3, -0.25) is 4.79 Å². The lowest BCUT2D eigenvalue weighted by molar-refractivity contribution is -0.115. The van der Waals surface area contributed by atoms with E-state index in [4.69, 9.17) is 16.3 Å². The fourth-order valence-electron chi connectivity index (χ4n) is 1.93. The lowest BCUT2D eigenvalue weighted by Crippen LogP contribution is -2.23. The fourth-order valence-corrected chi connectivity index (χ4v) is 2.93. The van der Waals surface area contributed by atoms with Gasteiger partial charge in [-0.25, -0.2) is 0 Å². The Balaban J connectivity index is 2.02. The Kier molecular flexibility index (Phi) is 6.37. The standard InChI is InChI=1S/C18H20ClNO2S/c1-12(2)22-17-7-5-4-6-16(17)20-18(21)13(3)23-15-10-8-14(19)9-11-15/h4-13H,1-3H3,(H,20,21). The molecule has 122 valence electrons. The third-order valence-corrected chi connectivity index (χ3v) is 4.37. The number of rotatable bonds is 6. The summed E-state index contributed by atoms with van der Waals surface area (Å²) in [5.41, 5.74) is 0.690. The second-order valence-corrected chi connectivity index (χ2v) is 7.22. The first-order valence-corrected chi connectivity index (χ1v) is 8.70. The van der Waals surface area contributed by atoms with E-state index in [0.29, 0.717) is 16.5 Å². The molecule has 0 heterocycles. The van der Waals surface area contributed by atoms with Gasteiger partial charge in [-0.15, -0.1) is 11.8 Å². The molecule has 2 rings (SSSR count). The number of carbonyl (C=O) groups is 1. The van der Waals surface area contributed by atoms with Gasteiger partial charge < -0.3 is 10.1 Å². The van der Waals surface area contributed by atoms with Crippen LogP contribution >= 0.6 is 23.4 Å². The van der Waals surface area contributed by atoms with Gasteiger partial charge in [0.2, 0.25) is 5.91 Å². The zero-order valence-electron chi connectivity index (χ0n) is 13.4. The van der Waals surface area contributed by atoms with Gasteiger partial charge in [0.15, 0.2) is 0 Å². The Bertz CT molecular complexity index is 658. The molecule has 5 heteroatoms. The zero-order chi connectivity index (χ0) is 16.8. The number of hydrogen-bond acceptors (Lipinski definition) is 3. The second-order valence-electron chi connectivity index (χ2n) is 5.37. The van der Waals surface area contributed by atoms with Gasteiger partial charge in [0, 0.05) is 9.92 Å². The monoisotopic (exact) mass is 349 g/mol. The van der Waals surface area contributed by atoms with E-state index < -0.39 is 0 Å². The number of nitrogens with one attached hydrogen (secondary N) is 1. The molecule has 0 aliphatic heterocycles. The first kappa shape index (κ1) is 17.7. The predicted octanol–water partition coefficient (Wildman–Crippen LogP) is 5.25. The highest BCUT2D eigenvalue weighted by molar-refractivity contribution is 8.00. The van der Waals surface area contributed by atoms with Crippen molar-refractivity contribution in [2.75, 3.05) is 5.32 Å². The predicted molar refractivity (Wildman–Crippen MR) is 97.6 cm³/mol. The van der Waals surface area contributed by atoms with Crippen LogP contribution in [-0.2, 0) is 4.79 Å². The number of thioether (sulfide) groups is 1. The fraction of sp³-hybridized carbons (Fsp3) is 0.278. The van der Waals surface area contributed by atoms with Crippen molar-refractivity contribution >= 4 is 35.0 Å². The van der Waals surface area contributed by atoms with E-state index >= 15 is 0 Å². The first-order valence-electron chi connectivity index (χ1n) is 7.44. The lowest BCUT2D eigenvalue weighted by atomic mass is 10.2. The Labute approximate surface area is 146 Å². The van der Waals surface area contributed by atoms with Gasteiger partial charge in [-0.1, -0.05) is 23.7 Å². The van der Waals surface area contributed by atoms with Crippen LogP contribution in [-0.4, -0.2) is 17.3 Å². The second kappa shape index (κ2) is 8.27. The van der Waals surface area contributed by atoms with E-state index in [1.54, 1.807) is 0 Å². The number of halogens is 1. The molecule has 0 saturated heterocycles. The minimum Gasteiger partial charge on any atom is -0.489 e. The molecule has 0 radical (unpaired) electrons. The Morgan fingerprint density at radius 2 is 1.74 bits per heavy atom. The van der Waals surface area contributed by atoms with E-state index in [2.05, 4.69) is 5.32 Å². The molecule has 0 fully saturated rings. The van der Waals surface area contributed by atoms with E-state index in [-0.39, 0.29) is 17.3 Å². The van der Waals surface area contributed by atoms with Gasteiger partial charge in [0.05, 0.1) is 17.0 Å². The van der Waals surface area contributed by atoms with Crippen LogP contribution in [0.25, 0.3) is 0 Å². The number of anilines is 1. The van der Waals surface area contributed by atoms with Crippen LogP contribution < -0.4 is 10.1 Å². The van der Waals surface area contributed by atoms with Crippen molar-refractivity contribution in [3.05, 3.63) is 53.6 Å². The molecule has 1 N–H and O–H groups in total. The summed E-state index contributed by atoms with van der Waals surface area (Å²) in [5.74, 6) is 0.615. The Morgan fingerprint density at radius 3 is 2.39 bits per heavy atom. The van der Waals surface area contributed by atoms with Gasteiger partial charge in [-0.05, 0) is 57.2 Å². The van der Waals surface area contributed by atoms with Crippen molar-refractivity contribution in [1.29, 1.82) is 0 Å². The summed E-state index contributed by atoms with van der Waals surface area (Å²) >= 11 is 7.36. The summed E-state index contributed by atoms with van der Waals surface area (Å²) in [5, 5.41) is 3.39. The van der Waals surface area contributed by atoms with Gasteiger partial charge in [-0.2, -0.15) is 0 Å². The largest absolute Gasteiger partial charge is 0.489 e. The van der Waals surface area contributed by atoms with Gasteiger partial charge >= 0.3 is 0 Å². The Hall–Kier alpha value is -1.65. The van der Waals surface area contributed by atoms with E-state index in [0.717, 1.165) is 4.90 Å². The number of hydrogen-bond donors (Lipinski definition) is 1. The average molecular weight is 350 g/mol. The molecule has 0 aliphatic carbocycles. The number of carbonyl (C=O) groups excluding carboxylic acids is 1. The van der Waals surface area contributed by atoms with Crippen LogP contribution in [0.3, 0.4) is 0 Å². The molecule has 0 spiro atoms. The third kappa shape index (κ3) is 5.48. The number of amides is 1. The third-order valence-electron chi connectivity index (χ3n) is 3.00. The topological polar surface area (TPSA) is 38.3 Å². The highest BCUT2D eigenvalue weighted by Crippen LogP contribution is 2.28. The van der Waals surface area contributed by atoms with Crippen LogP contribution in [0.4, 0.5) is 5.69 Å². The summed E-state index contributed by atoms with van der Waals surface area (Å²) in [6, 6.07) is 14.9. The molecule has 0 bridgehead atoms. The molecule has 1 atom stereocenters. The van der Waals surface area contributed by atoms with Crippen molar-refractivity contribution in [1.82, 2.24) is 0 Å². The molecule has 1 amide bonds. The van der Waals surface area contributed by atoms with Crippen molar-refractivity contribution in [2.45, 2.75) is 37.0 Å². The SMILES string of the molecule is CC(C)Oc1ccccc1NC(=O)C(C)Sc1ccc(Cl)cc1. The summed E-state index contributed by atoms with van der Waals surface area (Å²) in [4.78, 5) is 13.4. The summed E-state index contributed by atoms with van der Waals surface area (Å²) < 4.78 is 5.72. The molecule has 0 aromatic heterocycles. The van der Waals surface area contributed by atoms with E-state index in [9.17, 15) is 4.79 Å². The minimum atomic E-state index is -0.233. The molecule has 2 aromatic carbocycles. The highest BCUT2D eigenvalue weighted by Gasteiger charge is 2.16. The highest BCUT2D eigenvalue weighted by atomic mass is 35.5. The number of ether oxygens (including phenoxy) is 1. The van der Waals surface area contributed by atoms with Crippen LogP contribution in [0, 0.1) is 0 Å². The zero-order valence-corrected chi connectivity index (χ0v) is 14.9. The quantitative estimate of drug-likeness (QED) is 0.724. The van der Waals surface area contributed by atoms with Crippen LogP contribution in [0.1, 0.15) is 20.8 Å². The van der Waals surface area contributed by atoms with E-state index in [1.165, 1.54) is 11.8 Å². The van der Waals surface area contributed by atoms with Crippen LogP contribution in [0.2, 0.25) is 5.02 Å². The molecule has 2 aromatic rings. The summed E-state index contributed by atoms with van der Waals surface area (Å²) in [6.07, 6.45) is 0.0499. The summed E-state index contributed by atoms with van der Waals surface area (Å²) in [6.45, 7) is 5.79. The molecule has 1 unspecified atom stereocenters. The molecular weight excluding hydrogens is 330 g/mol. The number of para-hydroxylation sites is 2. The summed E-state index contributed by atoms with van der Waals surface area (Å²) in [7, 11) is 0. The maximum Gasteiger partial charge on any atom is 0.237 e. The van der Waals surface area contributed by atoms with Crippen molar-refractivity contribution in [3.8, 4) is 5.75 Å². The first-order chi connectivity index (χ1) is 11.0. The van der Waals surface area contributed by atoms with Crippen molar-refractivity contribution in [2.24, 2.45) is 0 Å². The average Bonchev–Trinajstić information content (AvgIpc) is 2.51. The smallest absolute Gasteiger partial charge is 0.237 e.